The van der Waals surface area contributed by atoms with Gasteiger partial charge in [-0.15, -0.1) is 11.8 Å². The van der Waals surface area contributed by atoms with Gasteiger partial charge in [-0.25, -0.2) is 4.39 Å². The van der Waals surface area contributed by atoms with Crippen LogP contribution in [0.1, 0.15) is 32.6 Å². The van der Waals surface area contributed by atoms with Gasteiger partial charge < -0.3 is 5.32 Å². The molecule has 0 aliphatic heterocycles. The van der Waals surface area contributed by atoms with Gasteiger partial charge >= 0.3 is 0 Å². The molecule has 0 heterocycles. The van der Waals surface area contributed by atoms with Gasteiger partial charge in [-0.3, -0.25) is 0 Å². The fourth-order valence-corrected chi connectivity index (χ4v) is 2.45. The predicted molar refractivity (Wildman–Crippen MR) is 74.1 cm³/mol. The van der Waals surface area contributed by atoms with E-state index in [1.165, 1.54) is 31.7 Å². The van der Waals surface area contributed by atoms with Gasteiger partial charge in [0.05, 0.1) is 0 Å². The van der Waals surface area contributed by atoms with E-state index in [4.69, 9.17) is 0 Å². The summed E-state index contributed by atoms with van der Waals surface area (Å²) in [6.07, 6.45) is 5.20. The second kappa shape index (κ2) is 9.49. The van der Waals surface area contributed by atoms with E-state index in [0.717, 1.165) is 23.7 Å². The van der Waals surface area contributed by atoms with Crippen molar-refractivity contribution in [2.24, 2.45) is 0 Å². The fraction of sp³-hybridized carbons (Fsp3) is 0.571. The molecule has 96 valence electrons. The molecule has 0 radical (unpaired) electrons. The predicted octanol–water partition coefficient (Wildman–Crippen LogP) is 4.09. The number of halogens is 1. The number of thioether (sulfide) groups is 1. The molecule has 0 saturated carbocycles. The number of nitrogens with one attached hydrogen (secondary N) is 1. The summed E-state index contributed by atoms with van der Waals surface area (Å²) in [4.78, 5) is 1.01. The highest BCUT2D eigenvalue weighted by Gasteiger charge is 1.95. The molecular weight excluding hydrogens is 233 g/mol. The first kappa shape index (κ1) is 14.5. The Morgan fingerprint density at radius 3 is 2.82 bits per heavy atom. The molecule has 0 unspecified atom stereocenters. The van der Waals surface area contributed by atoms with Crippen LogP contribution in [0.25, 0.3) is 0 Å². The third-order valence-corrected chi connectivity index (χ3v) is 3.55. The molecule has 1 nitrogen and oxygen atoms in total. The summed E-state index contributed by atoms with van der Waals surface area (Å²) in [6, 6.07) is 6.78. The maximum Gasteiger partial charge on any atom is 0.124 e. The van der Waals surface area contributed by atoms with Crippen molar-refractivity contribution in [2.45, 2.75) is 37.5 Å². The molecule has 0 fully saturated rings. The summed E-state index contributed by atoms with van der Waals surface area (Å²) in [5.41, 5.74) is 0. The van der Waals surface area contributed by atoms with Crippen LogP contribution in [0.15, 0.2) is 29.2 Å². The second-order valence-corrected chi connectivity index (χ2v) is 5.28. The average molecular weight is 255 g/mol. The summed E-state index contributed by atoms with van der Waals surface area (Å²) in [6.45, 7) is 4.32. The standard InChI is InChI=1S/C14H22FNS/c1-2-3-4-5-9-16-10-11-17-14-8-6-7-13(15)12-14/h6-8,12,16H,2-5,9-11H2,1H3. The van der Waals surface area contributed by atoms with Crippen molar-refractivity contribution in [3.8, 4) is 0 Å². The van der Waals surface area contributed by atoms with Crippen LogP contribution in [0, 0.1) is 5.82 Å². The van der Waals surface area contributed by atoms with Gasteiger partial charge in [-0.05, 0) is 31.2 Å². The van der Waals surface area contributed by atoms with Crippen molar-refractivity contribution >= 4 is 11.8 Å². The fourth-order valence-electron chi connectivity index (χ4n) is 1.60. The molecule has 0 spiro atoms. The Balaban J connectivity index is 1.97. The zero-order valence-electron chi connectivity index (χ0n) is 10.5. The quantitative estimate of drug-likeness (QED) is 0.527. The minimum absolute atomic E-state index is 0.150. The molecular formula is C14H22FNS. The highest BCUT2D eigenvalue weighted by Crippen LogP contribution is 2.17. The van der Waals surface area contributed by atoms with Crippen LogP contribution in [0.5, 0.6) is 0 Å². The van der Waals surface area contributed by atoms with Crippen molar-refractivity contribution in [1.82, 2.24) is 5.32 Å². The zero-order valence-corrected chi connectivity index (χ0v) is 11.4. The van der Waals surface area contributed by atoms with Gasteiger partial charge in [0, 0.05) is 17.2 Å². The molecule has 0 aromatic heterocycles. The van der Waals surface area contributed by atoms with Gasteiger partial charge in [-0.1, -0.05) is 32.3 Å². The van der Waals surface area contributed by atoms with E-state index in [1.54, 1.807) is 23.9 Å². The number of rotatable bonds is 9. The molecule has 0 bridgehead atoms. The van der Waals surface area contributed by atoms with Gasteiger partial charge in [0.1, 0.15) is 5.82 Å². The van der Waals surface area contributed by atoms with E-state index in [1.807, 2.05) is 6.07 Å². The van der Waals surface area contributed by atoms with Crippen LogP contribution in [0.3, 0.4) is 0 Å². The highest BCUT2D eigenvalue weighted by molar-refractivity contribution is 7.99. The first-order valence-electron chi connectivity index (χ1n) is 6.42. The SMILES string of the molecule is CCCCCCNCCSc1cccc(F)c1. The Hall–Kier alpha value is -0.540. The van der Waals surface area contributed by atoms with E-state index in [-0.39, 0.29) is 5.82 Å². The van der Waals surface area contributed by atoms with Gasteiger partial charge in [0.15, 0.2) is 0 Å². The molecule has 0 amide bonds. The molecule has 17 heavy (non-hydrogen) atoms. The molecule has 0 aliphatic carbocycles. The van der Waals surface area contributed by atoms with Crippen LogP contribution in [-0.4, -0.2) is 18.8 Å². The third kappa shape index (κ3) is 7.40. The number of hydrogen-bond donors (Lipinski definition) is 1. The molecule has 1 aromatic rings. The van der Waals surface area contributed by atoms with E-state index in [9.17, 15) is 4.39 Å². The van der Waals surface area contributed by atoms with Gasteiger partial charge in [-0.2, -0.15) is 0 Å². The molecule has 1 rings (SSSR count). The maximum atomic E-state index is 12.9. The van der Waals surface area contributed by atoms with E-state index in [2.05, 4.69) is 12.2 Å². The first-order valence-corrected chi connectivity index (χ1v) is 7.40. The summed E-state index contributed by atoms with van der Waals surface area (Å²) in [5, 5.41) is 3.41. The normalized spacial score (nSPS) is 10.7. The Kier molecular flexibility index (Phi) is 8.10. The minimum Gasteiger partial charge on any atom is -0.316 e. The lowest BCUT2D eigenvalue weighted by molar-refractivity contribution is 0.612. The van der Waals surface area contributed by atoms with Crippen molar-refractivity contribution in [2.75, 3.05) is 18.8 Å². The summed E-state index contributed by atoms with van der Waals surface area (Å²) in [5.74, 6) is 0.847. The Morgan fingerprint density at radius 2 is 2.06 bits per heavy atom. The minimum atomic E-state index is -0.150. The lowest BCUT2D eigenvalue weighted by Gasteiger charge is -2.04. The Labute approximate surface area is 108 Å². The van der Waals surface area contributed by atoms with Crippen LogP contribution in [-0.2, 0) is 0 Å². The van der Waals surface area contributed by atoms with Crippen LogP contribution >= 0.6 is 11.8 Å². The van der Waals surface area contributed by atoms with Crippen molar-refractivity contribution in [1.29, 1.82) is 0 Å². The average Bonchev–Trinajstić information content (AvgIpc) is 2.33. The van der Waals surface area contributed by atoms with Crippen LogP contribution in [0.2, 0.25) is 0 Å². The van der Waals surface area contributed by atoms with Crippen molar-refractivity contribution < 1.29 is 4.39 Å². The Morgan fingerprint density at radius 1 is 1.18 bits per heavy atom. The molecule has 0 aliphatic rings. The first-order chi connectivity index (χ1) is 8.33. The Bertz CT molecular complexity index is 304. The van der Waals surface area contributed by atoms with E-state index in [0.29, 0.717) is 0 Å². The number of unbranched alkanes of at least 4 members (excludes halogenated alkanes) is 3. The highest BCUT2D eigenvalue weighted by atomic mass is 32.2. The summed E-state index contributed by atoms with van der Waals surface area (Å²) >= 11 is 1.70. The largest absolute Gasteiger partial charge is 0.316 e. The molecule has 1 N–H and O–H groups in total. The molecule has 1 aromatic carbocycles. The van der Waals surface area contributed by atoms with E-state index >= 15 is 0 Å². The topological polar surface area (TPSA) is 12.0 Å². The summed E-state index contributed by atoms with van der Waals surface area (Å²) < 4.78 is 12.9. The number of benzene rings is 1. The maximum absolute atomic E-state index is 12.9. The van der Waals surface area contributed by atoms with Gasteiger partial charge in [0.25, 0.3) is 0 Å². The van der Waals surface area contributed by atoms with Crippen LogP contribution < -0.4 is 5.32 Å². The molecule has 0 atom stereocenters. The lowest BCUT2D eigenvalue weighted by Crippen LogP contribution is -2.18. The van der Waals surface area contributed by atoms with Crippen LogP contribution in [0.4, 0.5) is 4.39 Å². The van der Waals surface area contributed by atoms with Gasteiger partial charge in [0.2, 0.25) is 0 Å². The van der Waals surface area contributed by atoms with Crippen molar-refractivity contribution in [3.05, 3.63) is 30.1 Å². The zero-order chi connectivity index (χ0) is 12.3. The summed E-state index contributed by atoms with van der Waals surface area (Å²) in [7, 11) is 0. The molecule has 0 saturated heterocycles. The third-order valence-electron chi connectivity index (χ3n) is 2.55. The smallest absolute Gasteiger partial charge is 0.124 e. The monoisotopic (exact) mass is 255 g/mol. The molecule has 3 heteroatoms. The van der Waals surface area contributed by atoms with Crippen molar-refractivity contribution in [3.63, 3.8) is 0 Å². The van der Waals surface area contributed by atoms with E-state index < -0.39 is 0 Å². The number of hydrogen-bond acceptors (Lipinski definition) is 2. The lowest BCUT2D eigenvalue weighted by atomic mass is 10.2. The second-order valence-electron chi connectivity index (χ2n) is 4.12.